The molecular formula is C18H16N2O3. The molecule has 116 valence electrons. The molecule has 0 radical (unpaired) electrons. The first-order valence-corrected chi connectivity index (χ1v) is 7.38. The molecule has 2 aromatic carbocycles. The molecule has 1 heterocycles. The molecule has 0 unspecified atom stereocenters. The number of rotatable bonds is 3. The third-order valence-electron chi connectivity index (χ3n) is 3.60. The first kappa shape index (κ1) is 15.0. The number of hydrogen-bond donors (Lipinski definition) is 1. The standard InChI is InChI=1S/C18H16N2O3/c1-11(2)19-16(21)12-7-9-13(10-8-12)20-17(22)14-5-3-4-6-15(14)18(20)23/h3-11H,1-2H3,(H,19,21). The van der Waals surface area contributed by atoms with Crippen LogP contribution in [0.4, 0.5) is 5.69 Å². The van der Waals surface area contributed by atoms with Crippen LogP contribution in [-0.2, 0) is 0 Å². The van der Waals surface area contributed by atoms with Crippen LogP contribution in [0.3, 0.4) is 0 Å². The van der Waals surface area contributed by atoms with Gasteiger partial charge in [0.15, 0.2) is 0 Å². The smallest absolute Gasteiger partial charge is 0.266 e. The van der Waals surface area contributed by atoms with E-state index in [-0.39, 0.29) is 23.8 Å². The van der Waals surface area contributed by atoms with Crippen molar-refractivity contribution in [2.24, 2.45) is 0 Å². The molecule has 1 aliphatic rings. The van der Waals surface area contributed by atoms with E-state index in [1.807, 2.05) is 13.8 Å². The first-order chi connectivity index (χ1) is 11.0. The van der Waals surface area contributed by atoms with E-state index in [9.17, 15) is 14.4 Å². The highest BCUT2D eigenvalue weighted by Crippen LogP contribution is 2.28. The fourth-order valence-corrected chi connectivity index (χ4v) is 2.53. The maximum atomic E-state index is 12.4. The van der Waals surface area contributed by atoms with Gasteiger partial charge in [-0.15, -0.1) is 0 Å². The molecule has 5 heteroatoms. The average Bonchev–Trinajstić information content (AvgIpc) is 2.79. The highest BCUT2D eigenvalue weighted by molar-refractivity contribution is 6.34. The number of carbonyl (C=O) groups is 3. The largest absolute Gasteiger partial charge is 0.350 e. The molecule has 0 fully saturated rings. The molecule has 0 bridgehead atoms. The van der Waals surface area contributed by atoms with Crippen molar-refractivity contribution in [2.75, 3.05) is 4.90 Å². The first-order valence-electron chi connectivity index (χ1n) is 7.38. The van der Waals surface area contributed by atoms with Crippen molar-refractivity contribution in [2.45, 2.75) is 19.9 Å². The van der Waals surface area contributed by atoms with Crippen LogP contribution in [0.2, 0.25) is 0 Å². The molecule has 1 aliphatic heterocycles. The summed E-state index contributed by atoms with van der Waals surface area (Å²) in [6, 6.07) is 13.2. The molecule has 0 saturated heterocycles. The lowest BCUT2D eigenvalue weighted by Crippen LogP contribution is -2.31. The number of anilines is 1. The zero-order chi connectivity index (χ0) is 16.6. The second kappa shape index (κ2) is 5.68. The van der Waals surface area contributed by atoms with Crippen LogP contribution in [-0.4, -0.2) is 23.8 Å². The number of imide groups is 1. The summed E-state index contributed by atoms with van der Waals surface area (Å²) in [6.07, 6.45) is 0. The van der Waals surface area contributed by atoms with Gasteiger partial charge in [0.25, 0.3) is 17.7 Å². The summed E-state index contributed by atoms with van der Waals surface area (Å²) in [5.74, 6) is -0.871. The minimum atomic E-state index is -0.343. The molecular weight excluding hydrogens is 292 g/mol. The maximum Gasteiger partial charge on any atom is 0.266 e. The van der Waals surface area contributed by atoms with E-state index in [4.69, 9.17) is 0 Å². The van der Waals surface area contributed by atoms with Crippen LogP contribution in [0.5, 0.6) is 0 Å². The summed E-state index contributed by atoms with van der Waals surface area (Å²) in [4.78, 5) is 37.9. The fraction of sp³-hybridized carbons (Fsp3) is 0.167. The number of hydrogen-bond acceptors (Lipinski definition) is 3. The van der Waals surface area contributed by atoms with Gasteiger partial charge in [0.05, 0.1) is 16.8 Å². The van der Waals surface area contributed by atoms with E-state index in [1.165, 1.54) is 0 Å². The molecule has 3 amide bonds. The van der Waals surface area contributed by atoms with Crippen LogP contribution >= 0.6 is 0 Å². The Hall–Kier alpha value is -2.95. The lowest BCUT2D eigenvalue weighted by atomic mass is 10.1. The SMILES string of the molecule is CC(C)NC(=O)c1ccc(N2C(=O)c3ccccc3C2=O)cc1. The summed E-state index contributed by atoms with van der Waals surface area (Å²) in [5.41, 5.74) is 1.75. The summed E-state index contributed by atoms with van der Waals surface area (Å²) in [7, 11) is 0. The minimum absolute atomic E-state index is 0.0402. The molecule has 0 aromatic heterocycles. The van der Waals surface area contributed by atoms with Crippen LogP contribution in [0, 0.1) is 0 Å². The number of amides is 3. The second-order valence-corrected chi connectivity index (χ2v) is 5.67. The number of fused-ring (bicyclic) bond motifs is 1. The maximum absolute atomic E-state index is 12.4. The van der Waals surface area contributed by atoms with Crippen molar-refractivity contribution >= 4 is 23.4 Å². The predicted molar refractivity (Wildman–Crippen MR) is 86.6 cm³/mol. The van der Waals surface area contributed by atoms with E-state index in [1.54, 1.807) is 48.5 Å². The van der Waals surface area contributed by atoms with Crippen molar-refractivity contribution in [3.63, 3.8) is 0 Å². The molecule has 0 saturated carbocycles. The third kappa shape index (κ3) is 2.61. The topological polar surface area (TPSA) is 66.5 Å². The minimum Gasteiger partial charge on any atom is -0.350 e. The summed E-state index contributed by atoms with van der Waals surface area (Å²) >= 11 is 0. The van der Waals surface area contributed by atoms with Crippen molar-refractivity contribution in [1.82, 2.24) is 5.32 Å². The average molecular weight is 308 g/mol. The quantitative estimate of drug-likeness (QED) is 0.886. The van der Waals surface area contributed by atoms with Gasteiger partial charge in [0.1, 0.15) is 0 Å². The second-order valence-electron chi connectivity index (χ2n) is 5.67. The number of benzene rings is 2. The van der Waals surface area contributed by atoms with Gasteiger partial charge < -0.3 is 5.32 Å². The van der Waals surface area contributed by atoms with Gasteiger partial charge in [-0.25, -0.2) is 4.90 Å². The van der Waals surface area contributed by atoms with Crippen molar-refractivity contribution in [3.8, 4) is 0 Å². The Labute approximate surface area is 133 Å². The zero-order valence-electron chi connectivity index (χ0n) is 12.9. The molecule has 23 heavy (non-hydrogen) atoms. The Kier molecular flexibility index (Phi) is 3.70. The van der Waals surface area contributed by atoms with Crippen molar-refractivity contribution < 1.29 is 14.4 Å². The Morgan fingerprint density at radius 1 is 0.913 bits per heavy atom. The van der Waals surface area contributed by atoms with Crippen LogP contribution < -0.4 is 10.2 Å². The van der Waals surface area contributed by atoms with Gasteiger partial charge in [0, 0.05) is 11.6 Å². The normalized spacial score (nSPS) is 13.4. The molecule has 0 aliphatic carbocycles. The summed E-state index contributed by atoms with van der Waals surface area (Å²) < 4.78 is 0. The molecule has 2 aromatic rings. The lowest BCUT2D eigenvalue weighted by molar-refractivity contribution is 0.0921. The van der Waals surface area contributed by atoms with E-state index < -0.39 is 0 Å². The highest BCUT2D eigenvalue weighted by atomic mass is 16.2. The molecule has 1 N–H and O–H groups in total. The van der Waals surface area contributed by atoms with Crippen LogP contribution in [0.25, 0.3) is 0 Å². The van der Waals surface area contributed by atoms with E-state index >= 15 is 0 Å². The van der Waals surface area contributed by atoms with E-state index in [0.717, 1.165) is 4.90 Å². The van der Waals surface area contributed by atoms with Crippen molar-refractivity contribution in [3.05, 3.63) is 65.2 Å². The fourth-order valence-electron chi connectivity index (χ4n) is 2.53. The molecule has 3 rings (SSSR count). The summed E-state index contributed by atoms with van der Waals surface area (Å²) in [6.45, 7) is 3.76. The van der Waals surface area contributed by atoms with Gasteiger partial charge in [-0.1, -0.05) is 12.1 Å². The Balaban J connectivity index is 1.88. The summed E-state index contributed by atoms with van der Waals surface area (Å²) in [5, 5.41) is 2.79. The van der Waals surface area contributed by atoms with E-state index in [2.05, 4.69) is 5.32 Å². The third-order valence-corrected chi connectivity index (χ3v) is 3.60. The Bertz CT molecular complexity index is 759. The van der Waals surface area contributed by atoms with Crippen LogP contribution in [0.15, 0.2) is 48.5 Å². The monoisotopic (exact) mass is 308 g/mol. The number of carbonyl (C=O) groups excluding carboxylic acids is 3. The number of nitrogens with one attached hydrogen (secondary N) is 1. The Morgan fingerprint density at radius 3 is 1.91 bits per heavy atom. The van der Waals surface area contributed by atoms with Gasteiger partial charge in [-0.2, -0.15) is 0 Å². The highest BCUT2D eigenvalue weighted by Gasteiger charge is 2.36. The molecule has 0 spiro atoms. The predicted octanol–water partition coefficient (Wildman–Crippen LogP) is 2.63. The Morgan fingerprint density at radius 2 is 1.43 bits per heavy atom. The van der Waals surface area contributed by atoms with Crippen LogP contribution in [0.1, 0.15) is 44.9 Å². The number of nitrogens with zero attached hydrogens (tertiary/aromatic N) is 1. The molecule has 5 nitrogen and oxygen atoms in total. The van der Waals surface area contributed by atoms with Gasteiger partial charge in [-0.05, 0) is 50.2 Å². The zero-order valence-corrected chi connectivity index (χ0v) is 12.9. The molecule has 0 atom stereocenters. The van der Waals surface area contributed by atoms with E-state index in [0.29, 0.717) is 22.4 Å². The van der Waals surface area contributed by atoms with Gasteiger partial charge >= 0.3 is 0 Å². The van der Waals surface area contributed by atoms with Gasteiger partial charge in [-0.3, -0.25) is 14.4 Å². The van der Waals surface area contributed by atoms with Gasteiger partial charge in [0.2, 0.25) is 0 Å². The van der Waals surface area contributed by atoms with Crippen molar-refractivity contribution in [1.29, 1.82) is 0 Å². The lowest BCUT2D eigenvalue weighted by Gasteiger charge is -2.14.